The van der Waals surface area contributed by atoms with Crippen LogP contribution in [0.3, 0.4) is 0 Å². The standard InChI is InChI=1S/C11H13/c1-10(2)8-9-11-6-4-3-5-7-11/h3-8,10H,1-2H3. The summed E-state index contributed by atoms with van der Waals surface area (Å²) in [5, 5.41) is 0. The Bertz CT molecular complexity index is 219. The van der Waals surface area contributed by atoms with Crippen molar-refractivity contribution in [2.75, 3.05) is 0 Å². The topological polar surface area (TPSA) is 0 Å². The van der Waals surface area contributed by atoms with Crippen LogP contribution < -0.4 is 0 Å². The highest BCUT2D eigenvalue weighted by atomic mass is 13.9. The zero-order valence-electron chi connectivity index (χ0n) is 7.04. The van der Waals surface area contributed by atoms with Crippen LogP contribution in [0.2, 0.25) is 0 Å². The number of hydrogen-bond donors (Lipinski definition) is 0. The number of benzene rings is 1. The third-order valence-electron chi connectivity index (χ3n) is 1.36. The SMILES string of the molecule is CC(C)/C=[C]\c1ccccc1. The average molecular weight is 145 g/mol. The zero-order valence-corrected chi connectivity index (χ0v) is 7.04. The van der Waals surface area contributed by atoms with Gasteiger partial charge in [0.1, 0.15) is 0 Å². The molecule has 0 bridgehead atoms. The van der Waals surface area contributed by atoms with E-state index < -0.39 is 0 Å². The molecule has 1 aromatic carbocycles. The molecule has 0 atom stereocenters. The quantitative estimate of drug-likeness (QED) is 0.600. The van der Waals surface area contributed by atoms with E-state index in [4.69, 9.17) is 0 Å². The van der Waals surface area contributed by atoms with Crippen molar-refractivity contribution >= 4 is 0 Å². The Morgan fingerprint density at radius 3 is 2.36 bits per heavy atom. The molecule has 0 heterocycles. The van der Waals surface area contributed by atoms with E-state index in [0.717, 1.165) is 5.56 Å². The Kier molecular flexibility index (Phi) is 2.91. The van der Waals surface area contributed by atoms with Crippen LogP contribution in [-0.2, 0) is 0 Å². The first-order chi connectivity index (χ1) is 5.29. The molecule has 0 aliphatic carbocycles. The Morgan fingerprint density at radius 1 is 1.18 bits per heavy atom. The molecule has 1 aromatic rings. The fourth-order valence-corrected chi connectivity index (χ4v) is 0.797. The summed E-state index contributed by atoms with van der Waals surface area (Å²) in [5.74, 6) is 0.579. The maximum Gasteiger partial charge on any atom is -0.0146 e. The largest absolute Gasteiger partial charge is 0.0735 e. The normalized spacial score (nSPS) is 11.2. The van der Waals surface area contributed by atoms with Gasteiger partial charge < -0.3 is 0 Å². The van der Waals surface area contributed by atoms with E-state index in [1.54, 1.807) is 0 Å². The minimum atomic E-state index is 0.579. The highest BCUT2D eigenvalue weighted by Crippen LogP contribution is 2.01. The molecule has 0 heteroatoms. The van der Waals surface area contributed by atoms with Gasteiger partial charge in [0.05, 0.1) is 0 Å². The Labute approximate surface area is 68.6 Å². The van der Waals surface area contributed by atoms with Gasteiger partial charge in [-0.2, -0.15) is 0 Å². The molecule has 0 nitrogen and oxygen atoms in total. The van der Waals surface area contributed by atoms with Gasteiger partial charge in [-0.05, 0) is 17.6 Å². The minimum Gasteiger partial charge on any atom is -0.0735 e. The fraction of sp³-hybridized carbons (Fsp3) is 0.273. The van der Waals surface area contributed by atoms with Gasteiger partial charge in [-0.25, -0.2) is 0 Å². The first-order valence-corrected chi connectivity index (χ1v) is 3.94. The molecule has 1 rings (SSSR count). The number of hydrogen-bond acceptors (Lipinski definition) is 0. The van der Waals surface area contributed by atoms with Gasteiger partial charge in [0.15, 0.2) is 0 Å². The van der Waals surface area contributed by atoms with Gasteiger partial charge in [0, 0.05) is 0 Å². The van der Waals surface area contributed by atoms with Gasteiger partial charge in [-0.3, -0.25) is 0 Å². The van der Waals surface area contributed by atoms with Crippen LogP contribution >= 0.6 is 0 Å². The Balaban J connectivity index is 2.65. The lowest BCUT2D eigenvalue weighted by atomic mass is 10.1. The summed E-state index contributed by atoms with van der Waals surface area (Å²) in [6.07, 6.45) is 5.30. The maximum atomic E-state index is 3.22. The summed E-state index contributed by atoms with van der Waals surface area (Å²) in [7, 11) is 0. The molecule has 0 aromatic heterocycles. The molecule has 0 saturated heterocycles. The second-order valence-electron chi connectivity index (χ2n) is 2.92. The molecule has 0 aliphatic heterocycles. The average Bonchev–Trinajstić information content (AvgIpc) is 2.03. The van der Waals surface area contributed by atoms with E-state index in [2.05, 4.69) is 38.1 Å². The molecule has 0 unspecified atom stereocenters. The molecule has 0 saturated carbocycles. The van der Waals surface area contributed by atoms with Crippen LogP contribution in [0, 0.1) is 12.0 Å². The van der Waals surface area contributed by atoms with Crippen molar-refractivity contribution in [2.24, 2.45) is 5.92 Å². The van der Waals surface area contributed by atoms with Crippen molar-refractivity contribution in [1.82, 2.24) is 0 Å². The van der Waals surface area contributed by atoms with E-state index >= 15 is 0 Å². The molecule has 1 radical (unpaired) electrons. The number of rotatable bonds is 2. The molecule has 0 amide bonds. The molecule has 0 N–H and O–H groups in total. The highest BCUT2D eigenvalue weighted by molar-refractivity contribution is 5.21. The summed E-state index contributed by atoms with van der Waals surface area (Å²) >= 11 is 0. The first kappa shape index (κ1) is 8.06. The van der Waals surface area contributed by atoms with Crippen LogP contribution in [0.5, 0.6) is 0 Å². The molecule has 11 heavy (non-hydrogen) atoms. The van der Waals surface area contributed by atoms with E-state index in [-0.39, 0.29) is 0 Å². The van der Waals surface area contributed by atoms with Crippen LogP contribution in [0.15, 0.2) is 36.4 Å². The van der Waals surface area contributed by atoms with Crippen molar-refractivity contribution < 1.29 is 0 Å². The predicted octanol–water partition coefficient (Wildman–Crippen LogP) is 3.05. The summed E-state index contributed by atoms with van der Waals surface area (Å²) in [5.41, 5.74) is 1.15. The molecule has 0 spiro atoms. The summed E-state index contributed by atoms with van der Waals surface area (Å²) in [6.45, 7) is 4.30. The third-order valence-corrected chi connectivity index (χ3v) is 1.36. The first-order valence-electron chi connectivity index (χ1n) is 3.94. The van der Waals surface area contributed by atoms with E-state index in [0.29, 0.717) is 5.92 Å². The van der Waals surface area contributed by atoms with Gasteiger partial charge in [0.25, 0.3) is 0 Å². The highest BCUT2D eigenvalue weighted by Gasteiger charge is 1.85. The lowest BCUT2D eigenvalue weighted by Crippen LogP contribution is -1.78. The van der Waals surface area contributed by atoms with Crippen molar-refractivity contribution in [3.63, 3.8) is 0 Å². The van der Waals surface area contributed by atoms with Gasteiger partial charge in [-0.15, -0.1) is 0 Å². The van der Waals surface area contributed by atoms with Crippen molar-refractivity contribution in [3.05, 3.63) is 48.0 Å². The van der Waals surface area contributed by atoms with E-state index in [9.17, 15) is 0 Å². The monoisotopic (exact) mass is 145 g/mol. The van der Waals surface area contributed by atoms with E-state index in [1.165, 1.54) is 0 Å². The van der Waals surface area contributed by atoms with Crippen molar-refractivity contribution in [1.29, 1.82) is 0 Å². The van der Waals surface area contributed by atoms with Gasteiger partial charge in [-0.1, -0.05) is 50.3 Å². The Hall–Kier alpha value is -1.04. The number of allylic oxidation sites excluding steroid dienone is 1. The molecular weight excluding hydrogens is 132 g/mol. The third kappa shape index (κ3) is 3.03. The van der Waals surface area contributed by atoms with Crippen molar-refractivity contribution in [3.8, 4) is 0 Å². The van der Waals surface area contributed by atoms with Crippen LogP contribution in [-0.4, -0.2) is 0 Å². The molecule has 57 valence electrons. The summed E-state index contributed by atoms with van der Waals surface area (Å²) in [4.78, 5) is 0. The van der Waals surface area contributed by atoms with Gasteiger partial charge >= 0.3 is 0 Å². The lowest BCUT2D eigenvalue weighted by molar-refractivity contribution is 0.828. The lowest BCUT2D eigenvalue weighted by Gasteiger charge is -1.93. The molecular formula is C11H13. The van der Waals surface area contributed by atoms with Gasteiger partial charge in [0.2, 0.25) is 0 Å². The fourth-order valence-electron chi connectivity index (χ4n) is 0.797. The van der Waals surface area contributed by atoms with Crippen LogP contribution in [0.1, 0.15) is 19.4 Å². The summed E-state index contributed by atoms with van der Waals surface area (Å²) < 4.78 is 0. The second-order valence-corrected chi connectivity index (χ2v) is 2.92. The Morgan fingerprint density at radius 2 is 1.82 bits per heavy atom. The maximum absolute atomic E-state index is 3.22. The smallest absolute Gasteiger partial charge is 0.0146 e. The molecule has 0 fully saturated rings. The van der Waals surface area contributed by atoms with E-state index in [1.807, 2.05) is 18.2 Å². The second kappa shape index (κ2) is 3.97. The van der Waals surface area contributed by atoms with Crippen LogP contribution in [0.25, 0.3) is 0 Å². The minimum absolute atomic E-state index is 0.579. The van der Waals surface area contributed by atoms with Crippen LogP contribution in [0.4, 0.5) is 0 Å². The van der Waals surface area contributed by atoms with Crippen molar-refractivity contribution in [2.45, 2.75) is 13.8 Å². The summed E-state index contributed by atoms with van der Waals surface area (Å²) in [6, 6.07) is 10.2. The predicted molar refractivity (Wildman–Crippen MR) is 48.2 cm³/mol. The molecule has 0 aliphatic rings. The zero-order chi connectivity index (χ0) is 8.10.